The van der Waals surface area contributed by atoms with Crippen molar-refractivity contribution >= 4 is 0 Å². The van der Waals surface area contributed by atoms with E-state index >= 15 is 0 Å². The molecule has 3 aromatic rings. The van der Waals surface area contributed by atoms with E-state index < -0.39 is 0 Å². The average molecular weight is 350 g/mol. The lowest BCUT2D eigenvalue weighted by molar-refractivity contribution is 0.190. The molecule has 1 aromatic heterocycles. The van der Waals surface area contributed by atoms with Crippen LogP contribution in [0, 0.1) is 5.82 Å². The summed E-state index contributed by atoms with van der Waals surface area (Å²) in [4.78, 5) is 2.42. The summed E-state index contributed by atoms with van der Waals surface area (Å²) in [5.41, 5.74) is 3.00. The molecule has 1 atom stereocenters. The highest BCUT2D eigenvalue weighted by molar-refractivity contribution is 5.30. The van der Waals surface area contributed by atoms with Crippen LogP contribution in [0.3, 0.4) is 0 Å². The van der Waals surface area contributed by atoms with E-state index in [1.54, 1.807) is 12.1 Å². The molecular formula is C21H23FN4. The molecule has 5 heteroatoms. The van der Waals surface area contributed by atoms with Crippen molar-refractivity contribution < 1.29 is 4.39 Å². The van der Waals surface area contributed by atoms with Crippen molar-refractivity contribution in [2.75, 3.05) is 6.54 Å². The molecule has 2 heterocycles. The molecule has 0 N–H and O–H groups in total. The molecule has 0 saturated carbocycles. The van der Waals surface area contributed by atoms with Crippen LogP contribution in [0.4, 0.5) is 4.39 Å². The maximum atomic E-state index is 13.7. The predicted octanol–water partition coefficient (Wildman–Crippen LogP) is 4.52. The minimum atomic E-state index is -0.165. The molecule has 0 radical (unpaired) electrons. The van der Waals surface area contributed by atoms with E-state index in [0.29, 0.717) is 0 Å². The fourth-order valence-electron chi connectivity index (χ4n) is 3.73. The molecule has 0 bridgehead atoms. The van der Waals surface area contributed by atoms with E-state index in [4.69, 9.17) is 0 Å². The lowest BCUT2D eigenvalue weighted by atomic mass is 10.0. The summed E-state index contributed by atoms with van der Waals surface area (Å²) < 4.78 is 15.5. The topological polar surface area (TPSA) is 34.0 Å². The normalized spacial score (nSPS) is 18.6. The maximum Gasteiger partial charge on any atom is 0.123 e. The first-order chi connectivity index (χ1) is 12.8. The first kappa shape index (κ1) is 16.9. The van der Waals surface area contributed by atoms with Crippen LogP contribution in [0.15, 0.2) is 60.8 Å². The van der Waals surface area contributed by atoms with Crippen LogP contribution in [0.25, 0.3) is 5.69 Å². The number of hydrogen-bond acceptors (Lipinski definition) is 3. The van der Waals surface area contributed by atoms with Gasteiger partial charge in [0, 0.05) is 12.6 Å². The Balaban J connectivity index is 1.55. The van der Waals surface area contributed by atoms with Gasteiger partial charge in [0.1, 0.15) is 5.82 Å². The summed E-state index contributed by atoms with van der Waals surface area (Å²) in [7, 11) is 0. The van der Waals surface area contributed by atoms with Crippen LogP contribution in [-0.4, -0.2) is 26.4 Å². The van der Waals surface area contributed by atoms with Gasteiger partial charge in [-0.2, -0.15) is 0 Å². The van der Waals surface area contributed by atoms with Gasteiger partial charge >= 0.3 is 0 Å². The van der Waals surface area contributed by atoms with Gasteiger partial charge in [0.05, 0.1) is 17.6 Å². The molecule has 4 rings (SSSR count). The molecule has 4 nitrogen and oxygen atoms in total. The lowest BCUT2D eigenvalue weighted by Gasteiger charge is -2.29. The van der Waals surface area contributed by atoms with Gasteiger partial charge in [-0.15, -0.1) is 5.10 Å². The second-order valence-electron chi connectivity index (χ2n) is 6.88. The molecule has 1 saturated heterocycles. The maximum absolute atomic E-state index is 13.7. The molecule has 1 fully saturated rings. The lowest BCUT2D eigenvalue weighted by Crippen LogP contribution is -2.28. The Morgan fingerprint density at radius 3 is 2.73 bits per heavy atom. The molecule has 0 unspecified atom stereocenters. The highest BCUT2D eigenvalue weighted by Crippen LogP contribution is 2.31. The average Bonchev–Trinajstić information content (AvgIpc) is 3.01. The Hall–Kier alpha value is -2.53. The van der Waals surface area contributed by atoms with Gasteiger partial charge in [0.2, 0.25) is 0 Å². The molecular weight excluding hydrogens is 327 g/mol. The summed E-state index contributed by atoms with van der Waals surface area (Å²) in [5, 5.41) is 8.63. The number of aromatic nitrogens is 3. The SMILES string of the molecule is Fc1cccc([C@@H]2CCCCCN2Cc2cn(-c3ccccc3)nn2)c1. The number of likely N-dealkylation sites (tertiary alicyclic amines) is 1. The molecule has 0 aliphatic carbocycles. The van der Waals surface area contributed by atoms with Gasteiger partial charge < -0.3 is 0 Å². The van der Waals surface area contributed by atoms with Crippen molar-refractivity contribution in [1.82, 2.24) is 19.9 Å². The van der Waals surface area contributed by atoms with Crippen LogP contribution in [0.1, 0.15) is 43.0 Å². The Labute approximate surface area is 153 Å². The fraction of sp³-hybridized carbons (Fsp3) is 0.333. The Morgan fingerprint density at radius 1 is 1.00 bits per heavy atom. The van der Waals surface area contributed by atoms with Crippen molar-refractivity contribution in [2.24, 2.45) is 0 Å². The predicted molar refractivity (Wildman–Crippen MR) is 99.4 cm³/mol. The van der Waals surface area contributed by atoms with E-state index in [2.05, 4.69) is 15.2 Å². The number of benzene rings is 2. The summed E-state index contributed by atoms with van der Waals surface area (Å²) in [6.45, 7) is 1.73. The standard InChI is InChI=1S/C21H23FN4/c22-18-9-7-8-17(14-18)21-12-5-2-6-13-25(21)15-19-16-26(24-23-19)20-10-3-1-4-11-20/h1,3-4,7-11,14,16,21H,2,5-6,12-13,15H2/t21-/m0/s1. The Kier molecular flexibility index (Phi) is 5.07. The molecule has 2 aromatic carbocycles. The second-order valence-corrected chi connectivity index (χ2v) is 6.88. The number of rotatable bonds is 4. The third-order valence-electron chi connectivity index (χ3n) is 5.02. The first-order valence-corrected chi connectivity index (χ1v) is 9.26. The number of halogens is 1. The molecule has 1 aliphatic rings. The highest BCUT2D eigenvalue weighted by atomic mass is 19.1. The monoisotopic (exact) mass is 350 g/mol. The fourth-order valence-corrected chi connectivity index (χ4v) is 3.73. The van der Waals surface area contributed by atoms with Gasteiger partial charge in [0.25, 0.3) is 0 Å². The first-order valence-electron chi connectivity index (χ1n) is 9.26. The van der Waals surface area contributed by atoms with E-state index in [1.165, 1.54) is 25.3 Å². The molecule has 26 heavy (non-hydrogen) atoms. The number of nitrogens with zero attached hydrogens (tertiary/aromatic N) is 4. The van der Waals surface area contributed by atoms with Crippen molar-refractivity contribution in [2.45, 2.75) is 38.3 Å². The van der Waals surface area contributed by atoms with Crippen LogP contribution in [0.5, 0.6) is 0 Å². The largest absolute Gasteiger partial charge is 0.290 e. The summed E-state index contributed by atoms with van der Waals surface area (Å²) in [6, 6.07) is 17.3. The van der Waals surface area contributed by atoms with Gasteiger partial charge in [-0.25, -0.2) is 9.07 Å². The zero-order valence-electron chi connectivity index (χ0n) is 14.8. The van der Waals surface area contributed by atoms with Gasteiger partial charge in [-0.1, -0.05) is 48.4 Å². The van der Waals surface area contributed by atoms with Crippen LogP contribution < -0.4 is 0 Å². The molecule has 134 valence electrons. The summed E-state index contributed by atoms with van der Waals surface area (Å²) >= 11 is 0. The highest BCUT2D eigenvalue weighted by Gasteiger charge is 2.24. The van der Waals surface area contributed by atoms with E-state index in [-0.39, 0.29) is 11.9 Å². The molecule has 0 amide bonds. The van der Waals surface area contributed by atoms with Crippen molar-refractivity contribution in [3.05, 3.63) is 77.9 Å². The Bertz CT molecular complexity index is 846. The van der Waals surface area contributed by atoms with Crippen LogP contribution in [-0.2, 0) is 6.54 Å². The van der Waals surface area contributed by atoms with Crippen LogP contribution >= 0.6 is 0 Å². The molecule has 0 spiro atoms. The zero-order valence-corrected chi connectivity index (χ0v) is 14.8. The third kappa shape index (κ3) is 3.83. The zero-order chi connectivity index (χ0) is 17.8. The minimum absolute atomic E-state index is 0.165. The van der Waals surface area contributed by atoms with Crippen molar-refractivity contribution in [1.29, 1.82) is 0 Å². The second kappa shape index (κ2) is 7.79. The van der Waals surface area contributed by atoms with Gasteiger partial charge in [-0.3, -0.25) is 4.90 Å². The van der Waals surface area contributed by atoms with Crippen molar-refractivity contribution in [3.63, 3.8) is 0 Å². The van der Waals surface area contributed by atoms with Gasteiger partial charge in [0.15, 0.2) is 0 Å². The third-order valence-corrected chi connectivity index (χ3v) is 5.02. The number of hydrogen-bond donors (Lipinski definition) is 0. The number of para-hydroxylation sites is 1. The van der Waals surface area contributed by atoms with E-state index in [0.717, 1.165) is 36.5 Å². The van der Waals surface area contributed by atoms with Gasteiger partial charge in [-0.05, 0) is 49.2 Å². The molecule has 1 aliphatic heterocycles. The van der Waals surface area contributed by atoms with Crippen molar-refractivity contribution in [3.8, 4) is 5.69 Å². The van der Waals surface area contributed by atoms with E-state index in [9.17, 15) is 4.39 Å². The smallest absolute Gasteiger partial charge is 0.123 e. The summed E-state index contributed by atoms with van der Waals surface area (Å²) in [5.74, 6) is -0.165. The van der Waals surface area contributed by atoms with Crippen LogP contribution in [0.2, 0.25) is 0 Å². The minimum Gasteiger partial charge on any atom is -0.290 e. The quantitative estimate of drug-likeness (QED) is 0.693. The summed E-state index contributed by atoms with van der Waals surface area (Å²) in [6.07, 6.45) is 6.60. The van der Waals surface area contributed by atoms with E-state index in [1.807, 2.05) is 47.3 Å². The Morgan fingerprint density at radius 2 is 1.88 bits per heavy atom.